The smallest absolute Gasteiger partial charge is 0.258 e. The van der Waals surface area contributed by atoms with Crippen molar-refractivity contribution in [2.24, 2.45) is 0 Å². The Morgan fingerprint density at radius 2 is 1.73 bits per heavy atom. The van der Waals surface area contributed by atoms with E-state index in [9.17, 15) is 13.2 Å². The number of hydrogen-bond acceptors (Lipinski definition) is 4. The summed E-state index contributed by atoms with van der Waals surface area (Å²) < 4.78 is 33.6. The highest BCUT2D eigenvalue weighted by atomic mass is 32.2. The van der Waals surface area contributed by atoms with E-state index in [2.05, 4.69) is 10.0 Å². The minimum absolute atomic E-state index is 0.0282. The average molecular weight is 429 g/mol. The number of carbonyl (C=O) groups is 1. The highest BCUT2D eigenvalue weighted by Crippen LogP contribution is 2.60. The third kappa shape index (κ3) is 4.37. The number of amides is 1. The first-order valence-corrected chi connectivity index (χ1v) is 11.8. The van der Waals surface area contributed by atoms with Gasteiger partial charge in [0.05, 0.1) is 5.75 Å². The summed E-state index contributed by atoms with van der Waals surface area (Å²) in [5, 5.41) is 3.02. The van der Waals surface area contributed by atoms with E-state index in [0.29, 0.717) is 25.0 Å². The molecule has 3 fully saturated rings. The molecule has 2 aromatic rings. The SMILES string of the molecule is Cc1cccc(CS(=O)(=O)NC23CC(NC(=O)COc4ccc(C)c(C)c4)(C2)C3)c1. The van der Waals surface area contributed by atoms with Gasteiger partial charge in [0.25, 0.3) is 5.91 Å². The van der Waals surface area contributed by atoms with Crippen molar-refractivity contribution in [1.29, 1.82) is 0 Å². The maximum absolute atomic E-state index is 12.6. The number of aryl methyl sites for hydroxylation is 3. The number of hydrogen-bond donors (Lipinski definition) is 2. The molecule has 0 spiro atoms. The fraction of sp³-hybridized carbons (Fsp3) is 0.435. The molecule has 0 unspecified atom stereocenters. The van der Waals surface area contributed by atoms with E-state index in [1.807, 2.05) is 63.2 Å². The van der Waals surface area contributed by atoms with Gasteiger partial charge in [0.2, 0.25) is 10.0 Å². The van der Waals surface area contributed by atoms with Crippen LogP contribution < -0.4 is 14.8 Å². The van der Waals surface area contributed by atoms with Gasteiger partial charge in [0, 0.05) is 11.1 Å². The Balaban J connectivity index is 1.25. The van der Waals surface area contributed by atoms with Crippen LogP contribution in [0.3, 0.4) is 0 Å². The van der Waals surface area contributed by atoms with Gasteiger partial charge in [-0.2, -0.15) is 0 Å². The van der Waals surface area contributed by atoms with Crippen LogP contribution >= 0.6 is 0 Å². The van der Waals surface area contributed by atoms with Crippen LogP contribution in [0.2, 0.25) is 0 Å². The summed E-state index contributed by atoms with van der Waals surface area (Å²) in [6.07, 6.45) is 1.88. The monoisotopic (exact) mass is 428 g/mol. The highest BCUT2D eigenvalue weighted by molar-refractivity contribution is 7.88. The molecule has 7 heteroatoms. The normalized spacial score (nSPS) is 24.5. The van der Waals surface area contributed by atoms with Gasteiger partial charge in [0.1, 0.15) is 5.75 Å². The molecule has 1 amide bonds. The van der Waals surface area contributed by atoms with Gasteiger partial charge < -0.3 is 10.1 Å². The third-order valence-electron chi connectivity index (χ3n) is 6.09. The molecule has 0 heterocycles. The Kier molecular flexibility index (Phi) is 5.14. The van der Waals surface area contributed by atoms with Crippen LogP contribution in [-0.4, -0.2) is 32.0 Å². The Hall–Kier alpha value is -2.38. The van der Waals surface area contributed by atoms with E-state index < -0.39 is 15.6 Å². The maximum Gasteiger partial charge on any atom is 0.258 e. The van der Waals surface area contributed by atoms with Gasteiger partial charge in [-0.25, -0.2) is 13.1 Å². The molecule has 3 aliphatic carbocycles. The number of nitrogens with one attached hydrogen (secondary N) is 2. The van der Waals surface area contributed by atoms with Crippen molar-refractivity contribution >= 4 is 15.9 Å². The fourth-order valence-corrected chi connectivity index (χ4v) is 6.27. The second kappa shape index (κ2) is 7.39. The van der Waals surface area contributed by atoms with Crippen LogP contribution in [0.25, 0.3) is 0 Å². The topological polar surface area (TPSA) is 84.5 Å². The number of sulfonamides is 1. The number of rotatable bonds is 8. The second-order valence-corrected chi connectivity index (χ2v) is 10.7. The van der Waals surface area contributed by atoms with Crippen LogP contribution in [0.1, 0.15) is 41.5 Å². The van der Waals surface area contributed by atoms with Crippen molar-refractivity contribution in [3.05, 3.63) is 64.7 Å². The molecule has 0 aromatic heterocycles. The fourth-order valence-electron chi connectivity index (χ4n) is 4.70. The molecule has 0 atom stereocenters. The van der Waals surface area contributed by atoms with Crippen molar-refractivity contribution in [1.82, 2.24) is 10.0 Å². The summed E-state index contributed by atoms with van der Waals surface area (Å²) >= 11 is 0. The van der Waals surface area contributed by atoms with Crippen LogP contribution in [0.15, 0.2) is 42.5 Å². The zero-order valence-electron chi connectivity index (χ0n) is 17.6. The van der Waals surface area contributed by atoms with Crippen molar-refractivity contribution < 1.29 is 17.9 Å². The molecular weight excluding hydrogens is 400 g/mol. The molecule has 5 rings (SSSR count). The first-order chi connectivity index (χ1) is 14.1. The van der Waals surface area contributed by atoms with Gasteiger partial charge in [-0.05, 0) is 68.9 Å². The second-order valence-electron chi connectivity index (χ2n) is 9.02. The molecular formula is C23H28N2O4S. The minimum atomic E-state index is -3.43. The van der Waals surface area contributed by atoms with Crippen molar-refractivity contribution in [3.8, 4) is 5.75 Å². The summed E-state index contributed by atoms with van der Waals surface area (Å²) in [5.41, 5.74) is 3.40. The number of benzene rings is 2. The predicted molar refractivity (Wildman–Crippen MR) is 116 cm³/mol. The first-order valence-electron chi connectivity index (χ1n) is 10.2. The molecule has 2 aromatic carbocycles. The summed E-state index contributed by atoms with van der Waals surface area (Å²) in [7, 11) is -3.43. The standard InChI is InChI=1S/C23H28N2O4S/c1-16-5-4-6-19(9-16)12-30(27,28)25-23-13-22(14-23,15-23)24-21(26)11-29-20-8-7-17(2)18(3)10-20/h4-10,25H,11-15H2,1-3H3,(H,24,26). The van der Waals surface area contributed by atoms with E-state index in [4.69, 9.17) is 4.74 Å². The van der Waals surface area contributed by atoms with Crippen molar-refractivity contribution in [2.75, 3.05) is 6.61 Å². The molecule has 3 saturated carbocycles. The molecule has 160 valence electrons. The van der Waals surface area contributed by atoms with Crippen molar-refractivity contribution in [3.63, 3.8) is 0 Å². The number of ether oxygens (including phenoxy) is 1. The Labute approximate surface area is 178 Å². The summed E-state index contributed by atoms with van der Waals surface area (Å²) in [6, 6.07) is 13.3. The molecule has 0 aliphatic heterocycles. The molecule has 0 radical (unpaired) electrons. The van der Waals surface area contributed by atoms with Gasteiger partial charge in [0.15, 0.2) is 6.61 Å². The van der Waals surface area contributed by atoms with Gasteiger partial charge in [-0.3, -0.25) is 4.79 Å². The predicted octanol–water partition coefficient (Wildman–Crippen LogP) is 2.90. The van der Waals surface area contributed by atoms with Crippen LogP contribution in [0.5, 0.6) is 5.75 Å². The van der Waals surface area contributed by atoms with Gasteiger partial charge in [-0.15, -0.1) is 0 Å². The van der Waals surface area contributed by atoms with Gasteiger partial charge >= 0.3 is 0 Å². The lowest BCUT2D eigenvalue weighted by atomic mass is 9.44. The Morgan fingerprint density at radius 1 is 1.00 bits per heavy atom. The summed E-state index contributed by atoms with van der Waals surface area (Å²) in [6.45, 7) is 5.93. The van der Waals surface area contributed by atoms with E-state index in [1.165, 1.54) is 5.56 Å². The lowest BCUT2D eigenvalue weighted by Gasteiger charge is -2.70. The average Bonchev–Trinajstić information content (AvgIpc) is 2.59. The molecule has 2 N–H and O–H groups in total. The molecule has 6 nitrogen and oxygen atoms in total. The zero-order chi connectivity index (χ0) is 21.6. The lowest BCUT2D eigenvalue weighted by Crippen LogP contribution is -2.83. The van der Waals surface area contributed by atoms with Crippen LogP contribution in [0, 0.1) is 20.8 Å². The highest BCUT2D eigenvalue weighted by Gasteiger charge is 2.69. The maximum atomic E-state index is 12.6. The first kappa shape index (κ1) is 20.9. The van der Waals surface area contributed by atoms with Crippen LogP contribution in [0.4, 0.5) is 0 Å². The van der Waals surface area contributed by atoms with E-state index >= 15 is 0 Å². The van der Waals surface area contributed by atoms with Crippen LogP contribution in [-0.2, 0) is 20.6 Å². The van der Waals surface area contributed by atoms with Gasteiger partial charge in [-0.1, -0.05) is 35.9 Å². The molecule has 2 bridgehead atoms. The third-order valence-corrected chi connectivity index (χ3v) is 7.55. The minimum Gasteiger partial charge on any atom is -0.484 e. The largest absolute Gasteiger partial charge is 0.484 e. The Morgan fingerprint density at radius 3 is 2.40 bits per heavy atom. The van der Waals surface area contributed by atoms with E-state index in [1.54, 1.807) is 0 Å². The zero-order valence-corrected chi connectivity index (χ0v) is 18.4. The molecule has 0 saturated heterocycles. The van der Waals surface area contributed by atoms with E-state index in [-0.39, 0.29) is 23.8 Å². The van der Waals surface area contributed by atoms with Crippen molar-refractivity contribution in [2.45, 2.75) is 56.9 Å². The summed E-state index contributed by atoms with van der Waals surface area (Å²) in [4.78, 5) is 12.3. The quantitative estimate of drug-likeness (QED) is 0.677. The van der Waals surface area contributed by atoms with E-state index in [0.717, 1.165) is 16.7 Å². The lowest BCUT2D eigenvalue weighted by molar-refractivity contribution is -0.139. The number of carbonyl (C=O) groups excluding carboxylic acids is 1. The molecule has 3 aliphatic rings. The Bertz CT molecular complexity index is 1070. The molecule has 30 heavy (non-hydrogen) atoms. The summed E-state index contributed by atoms with van der Waals surface area (Å²) in [5.74, 6) is 0.468.